The minimum atomic E-state index is -4.72. The van der Waals surface area contributed by atoms with Gasteiger partial charge in [-0.3, -0.25) is 4.79 Å². The molecule has 0 bridgehead atoms. The summed E-state index contributed by atoms with van der Waals surface area (Å²) >= 11 is 5.49. The lowest BCUT2D eigenvalue weighted by atomic mass is 10.2. The number of halogens is 6. The van der Waals surface area contributed by atoms with E-state index in [9.17, 15) is 26.7 Å². The first-order chi connectivity index (χ1) is 13.6. The summed E-state index contributed by atoms with van der Waals surface area (Å²) in [6, 6.07) is 4.62. The van der Waals surface area contributed by atoms with Gasteiger partial charge in [0.15, 0.2) is 30.7 Å². The van der Waals surface area contributed by atoms with Crippen molar-refractivity contribution >= 4 is 28.9 Å². The molecule has 3 rings (SSSR count). The van der Waals surface area contributed by atoms with Crippen molar-refractivity contribution in [2.24, 2.45) is 10.3 Å². The number of anilines is 2. The maximum atomic E-state index is 14.1. The molecular formula is C16H11ClF5N5O2. The van der Waals surface area contributed by atoms with E-state index in [2.05, 4.69) is 21.2 Å². The number of carbonyl (C=O) groups excluding carboxylic acids is 1. The predicted molar refractivity (Wildman–Crippen MR) is 92.3 cm³/mol. The Balaban J connectivity index is 1.65. The highest BCUT2D eigenvalue weighted by atomic mass is 35.5. The number of hydrogen-bond acceptors (Lipinski definition) is 6. The number of amides is 1. The van der Waals surface area contributed by atoms with Crippen molar-refractivity contribution in [2.75, 3.05) is 23.6 Å². The molecule has 2 N–H and O–H groups in total. The van der Waals surface area contributed by atoms with Gasteiger partial charge in [0.2, 0.25) is 0 Å². The third-order valence-electron chi connectivity index (χ3n) is 3.64. The summed E-state index contributed by atoms with van der Waals surface area (Å²) in [6.07, 6.45) is -4.72. The van der Waals surface area contributed by atoms with Crippen molar-refractivity contribution in [3.05, 3.63) is 52.6 Å². The van der Waals surface area contributed by atoms with Crippen molar-refractivity contribution in [3.63, 3.8) is 0 Å². The summed E-state index contributed by atoms with van der Waals surface area (Å²) in [4.78, 5) is 11.9. The lowest BCUT2D eigenvalue weighted by Crippen LogP contribution is -2.29. The second kappa shape index (κ2) is 8.07. The van der Waals surface area contributed by atoms with E-state index >= 15 is 0 Å². The van der Waals surface area contributed by atoms with Crippen LogP contribution in [0.15, 0.2) is 40.7 Å². The molecule has 1 aliphatic rings. The molecule has 13 heteroatoms. The van der Waals surface area contributed by atoms with Crippen LogP contribution in [0.3, 0.4) is 0 Å². The Kier molecular flexibility index (Phi) is 5.73. The zero-order valence-corrected chi connectivity index (χ0v) is 15.0. The molecule has 0 aromatic heterocycles. The monoisotopic (exact) mass is 435 g/mol. The molecule has 2 aromatic carbocycles. The standard InChI is InChI=1S/C16H11ClF5N5O2/c17-11-2-1-8(3-10(11)16(20,21)22)24-14(28)6-29-15-12(18)4-9(5-13(15)19)27-7-23-25-26-27/h1-5H,6-7H2,(H,23,26)(H,24,28). The quantitative estimate of drug-likeness (QED) is 0.686. The van der Waals surface area contributed by atoms with Crippen LogP contribution in [0, 0.1) is 11.6 Å². The Labute approximate surface area is 165 Å². The van der Waals surface area contributed by atoms with Crippen LogP contribution in [-0.4, -0.2) is 19.2 Å². The number of benzene rings is 2. The van der Waals surface area contributed by atoms with Crippen molar-refractivity contribution in [2.45, 2.75) is 6.18 Å². The van der Waals surface area contributed by atoms with Crippen LogP contribution < -0.4 is 20.6 Å². The number of carbonyl (C=O) groups is 1. The number of hydrazine groups is 1. The van der Waals surface area contributed by atoms with Crippen molar-refractivity contribution in [1.29, 1.82) is 0 Å². The Morgan fingerprint density at radius 3 is 2.52 bits per heavy atom. The molecule has 0 radical (unpaired) electrons. The van der Waals surface area contributed by atoms with Crippen LogP contribution >= 0.6 is 11.6 Å². The van der Waals surface area contributed by atoms with E-state index in [0.29, 0.717) is 6.07 Å². The molecule has 1 aliphatic heterocycles. The topological polar surface area (TPSA) is 78.3 Å². The fraction of sp³-hybridized carbons (Fsp3) is 0.188. The summed E-state index contributed by atoms with van der Waals surface area (Å²) < 4.78 is 71.6. The Morgan fingerprint density at radius 2 is 1.93 bits per heavy atom. The second-order valence-corrected chi connectivity index (χ2v) is 6.09. The molecule has 0 saturated carbocycles. The van der Waals surface area contributed by atoms with Gasteiger partial charge in [0.05, 0.1) is 16.3 Å². The van der Waals surface area contributed by atoms with E-state index in [1.54, 1.807) is 0 Å². The lowest BCUT2D eigenvalue weighted by molar-refractivity contribution is -0.137. The fourth-order valence-corrected chi connectivity index (χ4v) is 2.57. The maximum Gasteiger partial charge on any atom is 0.417 e. The first-order valence-corrected chi connectivity index (χ1v) is 8.21. The number of nitrogens with zero attached hydrogens (tertiary/aromatic N) is 3. The average molecular weight is 436 g/mol. The molecule has 154 valence electrons. The van der Waals surface area contributed by atoms with Gasteiger partial charge in [-0.2, -0.15) is 18.7 Å². The van der Waals surface area contributed by atoms with Crippen molar-refractivity contribution in [1.82, 2.24) is 5.53 Å². The van der Waals surface area contributed by atoms with Crippen LogP contribution in [-0.2, 0) is 11.0 Å². The van der Waals surface area contributed by atoms with Gasteiger partial charge in [-0.05, 0) is 18.2 Å². The van der Waals surface area contributed by atoms with E-state index in [-0.39, 0.29) is 18.0 Å². The average Bonchev–Trinajstić information content (AvgIpc) is 3.16. The summed E-state index contributed by atoms with van der Waals surface area (Å²) in [5.74, 6) is -3.93. The largest absolute Gasteiger partial charge is 0.478 e. The van der Waals surface area contributed by atoms with E-state index in [1.165, 1.54) is 5.01 Å². The van der Waals surface area contributed by atoms with E-state index in [0.717, 1.165) is 24.3 Å². The number of ether oxygens (including phenoxy) is 1. The first-order valence-electron chi connectivity index (χ1n) is 7.83. The molecule has 1 heterocycles. The number of rotatable bonds is 5. The molecule has 0 spiro atoms. The number of hydrogen-bond donors (Lipinski definition) is 2. The Hall–Kier alpha value is -3.15. The van der Waals surface area contributed by atoms with E-state index < -0.39 is 46.7 Å². The van der Waals surface area contributed by atoms with Crippen LogP contribution in [0.4, 0.5) is 33.3 Å². The molecule has 0 unspecified atom stereocenters. The van der Waals surface area contributed by atoms with Gasteiger partial charge in [-0.1, -0.05) is 16.8 Å². The van der Waals surface area contributed by atoms with Gasteiger partial charge in [0, 0.05) is 17.8 Å². The fourth-order valence-electron chi connectivity index (χ4n) is 2.35. The molecule has 0 atom stereocenters. The molecule has 7 nitrogen and oxygen atoms in total. The van der Waals surface area contributed by atoms with Gasteiger partial charge in [0.25, 0.3) is 5.91 Å². The first kappa shape index (κ1) is 20.6. The third-order valence-corrected chi connectivity index (χ3v) is 3.97. The summed E-state index contributed by atoms with van der Waals surface area (Å²) in [5.41, 5.74) is 1.14. The highest BCUT2D eigenvalue weighted by molar-refractivity contribution is 6.31. The van der Waals surface area contributed by atoms with Gasteiger partial charge in [0.1, 0.15) is 0 Å². The minimum absolute atomic E-state index is 0.0441. The van der Waals surface area contributed by atoms with Crippen LogP contribution in [0.25, 0.3) is 0 Å². The zero-order chi connectivity index (χ0) is 21.2. The highest BCUT2D eigenvalue weighted by Gasteiger charge is 2.33. The number of alkyl halides is 3. The van der Waals surface area contributed by atoms with Crippen LogP contribution in [0.2, 0.25) is 5.02 Å². The normalized spacial score (nSPS) is 13.4. The number of nitrogens with one attached hydrogen (secondary N) is 2. The predicted octanol–water partition coefficient (Wildman–Crippen LogP) is 4.30. The smallest absolute Gasteiger partial charge is 0.417 e. The van der Waals surface area contributed by atoms with Gasteiger partial charge in [-0.25, -0.2) is 13.8 Å². The minimum Gasteiger partial charge on any atom is -0.478 e. The Morgan fingerprint density at radius 1 is 1.24 bits per heavy atom. The molecular weight excluding hydrogens is 425 g/mol. The third kappa shape index (κ3) is 4.83. The molecule has 2 aromatic rings. The van der Waals surface area contributed by atoms with E-state index in [1.807, 2.05) is 0 Å². The zero-order valence-electron chi connectivity index (χ0n) is 14.2. The lowest BCUT2D eigenvalue weighted by Gasteiger charge is -2.16. The Bertz CT molecular complexity index is 938. The molecule has 0 aliphatic carbocycles. The van der Waals surface area contributed by atoms with Gasteiger partial charge < -0.3 is 10.1 Å². The van der Waals surface area contributed by atoms with Gasteiger partial charge in [-0.15, -0.1) is 5.11 Å². The summed E-state index contributed by atoms with van der Waals surface area (Å²) in [6.45, 7) is -0.799. The maximum absolute atomic E-state index is 14.1. The molecule has 0 saturated heterocycles. The SMILES string of the molecule is O=C(COc1c(F)cc(N2CN=NN2)cc1F)Nc1ccc(Cl)c(C(F)(F)F)c1. The van der Waals surface area contributed by atoms with Crippen LogP contribution in [0.5, 0.6) is 5.75 Å². The van der Waals surface area contributed by atoms with E-state index in [4.69, 9.17) is 16.3 Å². The molecule has 29 heavy (non-hydrogen) atoms. The molecule has 1 amide bonds. The van der Waals surface area contributed by atoms with Gasteiger partial charge >= 0.3 is 6.18 Å². The molecule has 0 fully saturated rings. The summed E-state index contributed by atoms with van der Waals surface area (Å²) in [5, 5.41) is 9.87. The summed E-state index contributed by atoms with van der Waals surface area (Å²) in [7, 11) is 0. The van der Waals surface area contributed by atoms with Crippen LogP contribution in [0.1, 0.15) is 5.56 Å². The van der Waals surface area contributed by atoms with Crippen molar-refractivity contribution < 1.29 is 31.5 Å². The highest BCUT2D eigenvalue weighted by Crippen LogP contribution is 2.36. The second-order valence-electron chi connectivity index (χ2n) is 5.68. The van der Waals surface area contributed by atoms with Crippen molar-refractivity contribution in [3.8, 4) is 5.75 Å².